The summed E-state index contributed by atoms with van der Waals surface area (Å²) in [7, 11) is 1.60. The normalized spacial score (nSPS) is 15.2. The van der Waals surface area contributed by atoms with E-state index in [9.17, 15) is 4.79 Å². The number of ether oxygens (including phenoxy) is 1. The van der Waals surface area contributed by atoms with Crippen LogP contribution in [0.2, 0.25) is 0 Å². The van der Waals surface area contributed by atoms with E-state index < -0.39 is 0 Å². The highest BCUT2D eigenvalue weighted by molar-refractivity contribution is 9.10. The predicted molar refractivity (Wildman–Crippen MR) is 73.9 cm³/mol. The molecule has 0 fully saturated rings. The highest BCUT2D eigenvalue weighted by Crippen LogP contribution is 2.21. The number of halogens is 1. The van der Waals surface area contributed by atoms with Crippen molar-refractivity contribution in [2.75, 3.05) is 19.0 Å². The van der Waals surface area contributed by atoms with Crippen LogP contribution in [0.15, 0.2) is 27.6 Å². The minimum atomic E-state index is -0.136. The molecular formula is C12H16BrN3O2. The molecule has 0 saturated carbocycles. The lowest BCUT2D eigenvalue weighted by Gasteiger charge is -2.15. The standard InChI is InChI=1S/C12H16BrN3O2/c1-18-7-6-16-12(17)11(13)10(8-14-16)15-9-4-2-3-5-9/h2-3,8-9,15H,4-7H2,1H3. The fraction of sp³-hybridized carbons (Fsp3) is 0.500. The minimum Gasteiger partial charge on any atom is -0.383 e. The van der Waals surface area contributed by atoms with Crippen molar-refractivity contribution in [3.8, 4) is 0 Å². The summed E-state index contributed by atoms with van der Waals surface area (Å²) >= 11 is 3.33. The molecule has 2 rings (SSSR count). The van der Waals surface area contributed by atoms with Gasteiger partial charge in [-0.25, -0.2) is 4.68 Å². The Morgan fingerprint density at radius 1 is 1.56 bits per heavy atom. The SMILES string of the molecule is COCCn1ncc(NC2CC=CC2)c(Br)c1=O. The van der Waals surface area contributed by atoms with Crippen LogP contribution in [0.25, 0.3) is 0 Å². The third-order valence-electron chi connectivity index (χ3n) is 2.86. The van der Waals surface area contributed by atoms with Gasteiger partial charge in [0.1, 0.15) is 4.47 Å². The molecule has 0 bridgehead atoms. The zero-order valence-corrected chi connectivity index (χ0v) is 11.8. The first-order valence-electron chi connectivity index (χ1n) is 5.88. The van der Waals surface area contributed by atoms with Gasteiger partial charge in [-0.05, 0) is 28.8 Å². The van der Waals surface area contributed by atoms with Gasteiger partial charge in [-0.3, -0.25) is 4.79 Å². The summed E-state index contributed by atoms with van der Waals surface area (Å²) in [6, 6.07) is 0.359. The number of rotatable bonds is 5. The van der Waals surface area contributed by atoms with Gasteiger partial charge < -0.3 is 10.1 Å². The number of hydrogen-bond acceptors (Lipinski definition) is 4. The maximum absolute atomic E-state index is 12.0. The van der Waals surface area contributed by atoms with Crippen LogP contribution in [0.3, 0.4) is 0 Å². The van der Waals surface area contributed by atoms with Gasteiger partial charge in [0.25, 0.3) is 5.56 Å². The maximum atomic E-state index is 12.0. The summed E-state index contributed by atoms with van der Waals surface area (Å²) in [6.07, 6.45) is 7.93. The Hall–Kier alpha value is -1.14. The molecule has 98 valence electrons. The van der Waals surface area contributed by atoms with Crippen molar-refractivity contribution in [2.24, 2.45) is 0 Å². The van der Waals surface area contributed by atoms with E-state index in [2.05, 4.69) is 38.5 Å². The molecule has 18 heavy (non-hydrogen) atoms. The maximum Gasteiger partial charge on any atom is 0.283 e. The molecule has 6 heteroatoms. The molecule has 0 atom stereocenters. The van der Waals surface area contributed by atoms with Gasteiger partial charge in [0.05, 0.1) is 25.0 Å². The molecule has 1 N–H and O–H groups in total. The first-order valence-corrected chi connectivity index (χ1v) is 6.67. The lowest BCUT2D eigenvalue weighted by molar-refractivity contribution is 0.181. The summed E-state index contributed by atoms with van der Waals surface area (Å²) in [5, 5.41) is 7.45. The van der Waals surface area contributed by atoms with Crippen LogP contribution in [0.1, 0.15) is 12.8 Å². The summed E-state index contributed by atoms with van der Waals surface area (Å²) in [5.74, 6) is 0. The minimum absolute atomic E-state index is 0.136. The average Bonchev–Trinajstić information content (AvgIpc) is 2.87. The van der Waals surface area contributed by atoms with Crippen molar-refractivity contribution in [1.82, 2.24) is 9.78 Å². The van der Waals surface area contributed by atoms with E-state index in [1.807, 2.05) is 0 Å². The number of anilines is 1. The molecule has 0 radical (unpaired) electrons. The van der Waals surface area contributed by atoms with Crippen molar-refractivity contribution in [2.45, 2.75) is 25.4 Å². The average molecular weight is 314 g/mol. The van der Waals surface area contributed by atoms with Gasteiger partial charge in [0.15, 0.2) is 0 Å². The van der Waals surface area contributed by atoms with Crippen molar-refractivity contribution >= 4 is 21.6 Å². The van der Waals surface area contributed by atoms with Crippen molar-refractivity contribution < 1.29 is 4.74 Å². The summed E-state index contributed by atoms with van der Waals surface area (Å²) < 4.78 is 6.86. The molecule has 0 spiro atoms. The Balaban J connectivity index is 2.12. The van der Waals surface area contributed by atoms with Crippen LogP contribution in [0.5, 0.6) is 0 Å². The molecule has 0 amide bonds. The Kier molecular flexibility index (Phi) is 4.54. The van der Waals surface area contributed by atoms with E-state index in [0.29, 0.717) is 23.7 Å². The number of hydrogen-bond donors (Lipinski definition) is 1. The van der Waals surface area contributed by atoms with E-state index in [1.54, 1.807) is 13.3 Å². The molecule has 5 nitrogen and oxygen atoms in total. The first-order chi connectivity index (χ1) is 8.72. The molecule has 0 aromatic carbocycles. The smallest absolute Gasteiger partial charge is 0.283 e. The van der Waals surface area contributed by atoms with Crippen molar-refractivity contribution in [3.63, 3.8) is 0 Å². The zero-order chi connectivity index (χ0) is 13.0. The highest BCUT2D eigenvalue weighted by Gasteiger charge is 2.14. The Morgan fingerprint density at radius 2 is 2.28 bits per heavy atom. The van der Waals surface area contributed by atoms with Gasteiger partial charge in [-0.2, -0.15) is 5.10 Å². The van der Waals surface area contributed by atoms with Crippen LogP contribution >= 0.6 is 15.9 Å². The number of methoxy groups -OCH3 is 1. The fourth-order valence-corrected chi connectivity index (χ4v) is 2.28. The van der Waals surface area contributed by atoms with Crippen molar-refractivity contribution in [3.05, 3.63) is 33.2 Å². The second-order valence-corrected chi connectivity index (χ2v) is 4.97. The van der Waals surface area contributed by atoms with Gasteiger partial charge >= 0.3 is 0 Å². The number of nitrogens with one attached hydrogen (secondary N) is 1. The van der Waals surface area contributed by atoms with Crippen LogP contribution in [0, 0.1) is 0 Å². The number of aromatic nitrogens is 2. The van der Waals surface area contributed by atoms with Crippen molar-refractivity contribution in [1.29, 1.82) is 0 Å². The van der Waals surface area contributed by atoms with Crippen LogP contribution < -0.4 is 10.9 Å². The van der Waals surface area contributed by atoms with E-state index in [-0.39, 0.29) is 5.56 Å². The third kappa shape index (κ3) is 3.00. The lowest BCUT2D eigenvalue weighted by atomic mass is 10.2. The molecule has 1 aromatic rings. The van der Waals surface area contributed by atoms with Gasteiger partial charge in [-0.15, -0.1) is 0 Å². The second-order valence-electron chi connectivity index (χ2n) is 4.18. The molecule has 1 aliphatic carbocycles. The fourth-order valence-electron chi connectivity index (χ4n) is 1.86. The van der Waals surface area contributed by atoms with Crippen LogP contribution in [-0.4, -0.2) is 29.5 Å². The van der Waals surface area contributed by atoms with Gasteiger partial charge in [0, 0.05) is 13.2 Å². The first kappa shape index (κ1) is 13.3. The quantitative estimate of drug-likeness (QED) is 0.842. The van der Waals surface area contributed by atoms with Gasteiger partial charge in [0.2, 0.25) is 0 Å². The number of nitrogens with zero attached hydrogens (tertiary/aromatic N) is 2. The summed E-state index contributed by atoms with van der Waals surface area (Å²) in [6.45, 7) is 0.928. The molecule has 1 aromatic heterocycles. The molecule has 0 unspecified atom stereocenters. The van der Waals surface area contributed by atoms with Crippen LogP contribution in [0.4, 0.5) is 5.69 Å². The zero-order valence-electron chi connectivity index (χ0n) is 10.2. The topological polar surface area (TPSA) is 56.1 Å². The van der Waals surface area contributed by atoms with E-state index in [1.165, 1.54) is 4.68 Å². The van der Waals surface area contributed by atoms with E-state index in [4.69, 9.17) is 4.74 Å². The second kappa shape index (κ2) is 6.15. The molecule has 0 aliphatic heterocycles. The Morgan fingerprint density at radius 3 is 2.94 bits per heavy atom. The summed E-state index contributed by atoms with van der Waals surface area (Å²) in [5.41, 5.74) is 0.616. The van der Waals surface area contributed by atoms with Crippen LogP contribution in [-0.2, 0) is 11.3 Å². The molecule has 0 saturated heterocycles. The Bertz CT molecular complexity index is 491. The monoisotopic (exact) mass is 313 g/mol. The largest absolute Gasteiger partial charge is 0.383 e. The molecular weight excluding hydrogens is 298 g/mol. The molecule has 1 heterocycles. The van der Waals surface area contributed by atoms with E-state index in [0.717, 1.165) is 18.5 Å². The highest BCUT2D eigenvalue weighted by atomic mass is 79.9. The third-order valence-corrected chi connectivity index (χ3v) is 3.63. The van der Waals surface area contributed by atoms with E-state index >= 15 is 0 Å². The Labute approximate surface area is 114 Å². The van der Waals surface area contributed by atoms with Gasteiger partial charge in [-0.1, -0.05) is 12.2 Å². The summed E-state index contributed by atoms with van der Waals surface area (Å²) in [4.78, 5) is 12.0. The lowest BCUT2D eigenvalue weighted by Crippen LogP contribution is -2.27. The predicted octanol–water partition coefficient (Wildman–Crippen LogP) is 1.78. The molecule has 1 aliphatic rings.